The number of aliphatic hydroxyl groups is 1. The zero-order valence-corrected chi connectivity index (χ0v) is 12.5. The number of aliphatic hydroxyl groups excluding tert-OH is 1. The number of carbonyl (C=O) groups excluding carboxylic acids is 1. The Balaban J connectivity index is 1.93. The molecule has 2 N–H and O–H groups in total. The maximum Gasteiger partial charge on any atom is 0.437 e. The van der Waals surface area contributed by atoms with Crippen LogP contribution in [0.25, 0.3) is 0 Å². The summed E-state index contributed by atoms with van der Waals surface area (Å²) in [6, 6.07) is 0. The van der Waals surface area contributed by atoms with Crippen molar-refractivity contribution in [3.05, 3.63) is 0 Å². The zero-order chi connectivity index (χ0) is 15.9. The number of amides is 1. The highest BCUT2D eigenvalue weighted by Crippen LogP contribution is 2.36. The minimum Gasteiger partial charge on any atom is -0.356 e. The van der Waals surface area contributed by atoms with Crippen molar-refractivity contribution in [3.63, 3.8) is 0 Å². The lowest BCUT2D eigenvalue weighted by atomic mass is 9.90. The number of nitrogens with one attached hydrogen (secondary N) is 1. The van der Waals surface area contributed by atoms with Crippen LogP contribution in [0.15, 0.2) is 0 Å². The number of morpholine rings is 1. The van der Waals surface area contributed by atoms with E-state index in [1.54, 1.807) is 4.90 Å². The summed E-state index contributed by atoms with van der Waals surface area (Å²) in [5.41, 5.74) is -1.58. The van der Waals surface area contributed by atoms with E-state index in [9.17, 15) is 18.7 Å². The summed E-state index contributed by atoms with van der Waals surface area (Å²) in [5.74, 6) is -1.40. The van der Waals surface area contributed by atoms with Gasteiger partial charge in [0.25, 0.3) is 0 Å². The normalized spacial score (nSPS) is 27.4. The van der Waals surface area contributed by atoms with Crippen molar-refractivity contribution >= 4 is 5.91 Å². The van der Waals surface area contributed by atoms with E-state index in [0.29, 0.717) is 13.1 Å². The molecule has 2 aliphatic heterocycles. The van der Waals surface area contributed by atoms with E-state index in [1.807, 2.05) is 20.8 Å². The number of carbonyl (C=O) groups is 1. The lowest BCUT2D eigenvalue weighted by Crippen LogP contribution is -2.64. The summed E-state index contributed by atoms with van der Waals surface area (Å²) in [5, 5.41) is 12.2. The van der Waals surface area contributed by atoms with E-state index in [0.717, 1.165) is 0 Å². The summed E-state index contributed by atoms with van der Waals surface area (Å²) in [7, 11) is 0. The number of likely N-dealkylation sites (tertiary alicyclic amines) is 1. The Kier molecular flexibility index (Phi) is 4.27. The van der Waals surface area contributed by atoms with Gasteiger partial charge < -0.3 is 19.9 Å². The summed E-state index contributed by atoms with van der Waals surface area (Å²) in [6.45, 7) is 6.23. The van der Waals surface area contributed by atoms with E-state index in [4.69, 9.17) is 9.47 Å². The molecule has 21 heavy (non-hydrogen) atoms. The molecule has 2 heterocycles. The Morgan fingerprint density at radius 2 is 1.95 bits per heavy atom. The van der Waals surface area contributed by atoms with Crippen molar-refractivity contribution < 1.29 is 28.2 Å². The molecule has 1 amide bonds. The smallest absolute Gasteiger partial charge is 0.356 e. The highest BCUT2D eigenvalue weighted by atomic mass is 19.3. The molecule has 0 aromatic carbocycles. The fraction of sp³-hybridized carbons (Fsp3) is 0.923. The number of piperidine rings is 1. The van der Waals surface area contributed by atoms with Gasteiger partial charge in [-0.15, -0.1) is 0 Å². The van der Waals surface area contributed by atoms with Crippen molar-refractivity contribution in [3.8, 4) is 0 Å². The second-order valence-electron chi connectivity index (χ2n) is 6.58. The molecule has 6 nitrogen and oxygen atoms in total. The molecule has 0 aromatic heterocycles. The van der Waals surface area contributed by atoms with Crippen molar-refractivity contribution in [1.29, 1.82) is 0 Å². The van der Waals surface area contributed by atoms with Crippen LogP contribution in [0.4, 0.5) is 8.78 Å². The van der Waals surface area contributed by atoms with Gasteiger partial charge in [0.05, 0.1) is 11.2 Å². The molecular formula is C13H22F2N2O4. The Morgan fingerprint density at radius 1 is 1.38 bits per heavy atom. The number of hydrogen-bond donors (Lipinski definition) is 2. The Morgan fingerprint density at radius 3 is 2.43 bits per heavy atom. The predicted molar refractivity (Wildman–Crippen MR) is 69.4 cm³/mol. The Hall–Kier alpha value is -0.830. The minimum atomic E-state index is -3.79. The number of ether oxygens (including phenoxy) is 2. The fourth-order valence-electron chi connectivity index (χ4n) is 2.52. The summed E-state index contributed by atoms with van der Waals surface area (Å²) >= 11 is 0. The van der Waals surface area contributed by atoms with E-state index in [-0.39, 0.29) is 19.4 Å². The first-order valence-electron chi connectivity index (χ1n) is 6.99. The van der Waals surface area contributed by atoms with Gasteiger partial charge in [0.2, 0.25) is 6.41 Å². The second kappa shape index (κ2) is 5.42. The highest BCUT2D eigenvalue weighted by Gasteiger charge is 2.54. The Labute approximate surface area is 122 Å². The van der Waals surface area contributed by atoms with Crippen LogP contribution in [0.3, 0.4) is 0 Å². The van der Waals surface area contributed by atoms with Gasteiger partial charge in [0, 0.05) is 19.6 Å². The third-order valence-electron chi connectivity index (χ3n) is 3.66. The number of nitrogens with zero attached hydrogens (tertiary/aromatic N) is 1. The van der Waals surface area contributed by atoms with E-state index >= 15 is 0 Å². The fourth-order valence-corrected chi connectivity index (χ4v) is 2.52. The van der Waals surface area contributed by atoms with Crippen LogP contribution in [0.2, 0.25) is 0 Å². The minimum absolute atomic E-state index is 0.0610. The van der Waals surface area contributed by atoms with E-state index < -0.39 is 29.6 Å². The van der Waals surface area contributed by atoms with Crippen molar-refractivity contribution in [1.82, 2.24) is 10.2 Å². The standard InChI is InChI=1S/C13H22F2N2O4/c1-11(2,3)20-10(19)17-6-4-12(5-7-17)8-16-9(18)13(14,15)21-12/h10,19H,4-8H2,1-3H3,(H,16,18). The quantitative estimate of drug-likeness (QED) is 0.733. The van der Waals surface area contributed by atoms with Crippen LogP contribution < -0.4 is 5.32 Å². The number of hydrogen-bond acceptors (Lipinski definition) is 5. The lowest BCUT2D eigenvalue weighted by molar-refractivity contribution is -0.307. The third-order valence-corrected chi connectivity index (χ3v) is 3.66. The average molecular weight is 308 g/mol. The zero-order valence-electron chi connectivity index (χ0n) is 12.5. The molecule has 2 saturated heterocycles. The van der Waals surface area contributed by atoms with E-state index in [1.165, 1.54) is 0 Å². The van der Waals surface area contributed by atoms with E-state index in [2.05, 4.69) is 5.32 Å². The monoisotopic (exact) mass is 308 g/mol. The van der Waals surface area contributed by atoms with Crippen LogP contribution in [0.5, 0.6) is 0 Å². The van der Waals surface area contributed by atoms with Crippen LogP contribution >= 0.6 is 0 Å². The van der Waals surface area contributed by atoms with Gasteiger partial charge in [0.15, 0.2) is 0 Å². The predicted octanol–water partition coefficient (Wildman–Crippen LogP) is 0.651. The van der Waals surface area contributed by atoms with Crippen LogP contribution in [-0.4, -0.2) is 59.3 Å². The van der Waals surface area contributed by atoms with Gasteiger partial charge in [-0.2, -0.15) is 8.78 Å². The third kappa shape index (κ3) is 3.88. The molecule has 0 bridgehead atoms. The van der Waals surface area contributed by atoms with Gasteiger partial charge in [-0.1, -0.05) is 0 Å². The summed E-state index contributed by atoms with van der Waals surface area (Å²) < 4.78 is 36.9. The van der Waals surface area contributed by atoms with Crippen LogP contribution in [0, 0.1) is 0 Å². The molecule has 1 atom stereocenters. The number of alkyl halides is 2. The second-order valence-corrected chi connectivity index (χ2v) is 6.58. The maximum atomic E-state index is 13.4. The molecule has 8 heteroatoms. The van der Waals surface area contributed by atoms with Crippen molar-refractivity contribution in [2.24, 2.45) is 0 Å². The molecule has 0 aliphatic carbocycles. The first-order chi connectivity index (χ1) is 9.53. The molecule has 0 aromatic rings. The van der Waals surface area contributed by atoms with Gasteiger partial charge in [-0.3, -0.25) is 9.69 Å². The summed E-state index contributed by atoms with van der Waals surface area (Å²) in [6.07, 6.45) is -4.30. The molecule has 2 rings (SSSR count). The molecule has 122 valence electrons. The molecule has 0 radical (unpaired) electrons. The topological polar surface area (TPSA) is 71.0 Å². The molecular weight excluding hydrogens is 286 g/mol. The molecule has 1 unspecified atom stereocenters. The SMILES string of the molecule is CC(C)(C)OC(O)N1CCC2(CC1)CNC(=O)C(F)(F)O2. The maximum absolute atomic E-state index is 13.4. The lowest BCUT2D eigenvalue weighted by Gasteiger charge is -2.46. The highest BCUT2D eigenvalue weighted by molar-refractivity contribution is 5.82. The first-order valence-corrected chi connectivity index (χ1v) is 6.99. The Bertz CT molecular complexity index is 403. The van der Waals surface area contributed by atoms with Gasteiger partial charge in [-0.05, 0) is 33.6 Å². The molecule has 0 saturated carbocycles. The number of rotatable bonds is 2. The number of halogens is 2. The van der Waals surface area contributed by atoms with Gasteiger partial charge >= 0.3 is 12.0 Å². The summed E-state index contributed by atoms with van der Waals surface area (Å²) in [4.78, 5) is 12.7. The van der Waals surface area contributed by atoms with Gasteiger partial charge in [0.1, 0.15) is 0 Å². The average Bonchev–Trinajstić information content (AvgIpc) is 2.33. The molecule has 1 spiro atoms. The van der Waals surface area contributed by atoms with Crippen LogP contribution in [-0.2, 0) is 14.3 Å². The van der Waals surface area contributed by atoms with Crippen LogP contribution in [0.1, 0.15) is 33.6 Å². The largest absolute Gasteiger partial charge is 0.437 e. The van der Waals surface area contributed by atoms with Gasteiger partial charge in [-0.25, -0.2) is 0 Å². The molecule has 2 fully saturated rings. The molecule has 2 aliphatic rings. The van der Waals surface area contributed by atoms with Crippen molar-refractivity contribution in [2.75, 3.05) is 19.6 Å². The first kappa shape index (κ1) is 16.5. The van der Waals surface area contributed by atoms with Crippen molar-refractivity contribution in [2.45, 2.75) is 57.3 Å².